The van der Waals surface area contributed by atoms with Crippen molar-refractivity contribution in [3.63, 3.8) is 0 Å². The molecule has 1 atom stereocenters. The van der Waals surface area contributed by atoms with Crippen LogP contribution in [0.15, 0.2) is 17.0 Å². The third-order valence-electron chi connectivity index (χ3n) is 7.35. The smallest absolute Gasteiger partial charge is 0.391 e. The van der Waals surface area contributed by atoms with Crippen LogP contribution in [0.5, 0.6) is 0 Å². The molecule has 186 valence electrons. The number of pyridine rings is 1. The van der Waals surface area contributed by atoms with Gasteiger partial charge in [-0.2, -0.15) is 17.5 Å². The van der Waals surface area contributed by atoms with Crippen molar-refractivity contribution in [2.75, 3.05) is 44.2 Å². The van der Waals surface area contributed by atoms with Crippen molar-refractivity contribution >= 4 is 15.8 Å². The summed E-state index contributed by atoms with van der Waals surface area (Å²) in [6.45, 7) is 5.94. The van der Waals surface area contributed by atoms with Gasteiger partial charge in [-0.05, 0) is 50.7 Å². The first-order chi connectivity index (χ1) is 15.4. The summed E-state index contributed by atoms with van der Waals surface area (Å²) in [7, 11) is -4.35. The summed E-state index contributed by atoms with van der Waals surface area (Å²) in [5, 5.41) is 10.4. The predicted octanol–water partition coefficient (Wildman–Crippen LogP) is 2.95. The molecule has 3 heterocycles. The highest BCUT2D eigenvalue weighted by atomic mass is 32.2. The highest BCUT2D eigenvalue weighted by Crippen LogP contribution is 2.46. The third kappa shape index (κ3) is 5.01. The number of piperidine rings is 1. The number of nitrogens with zero attached hydrogens (tertiary/aromatic N) is 4. The Labute approximate surface area is 193 Å². The number of hydrogen-bond acceptors (Lipinski definition) is 6. The largest absolute Gasteiger partial charge is 0.434 e. The van der Waals surface area contributed by atoms with E-state index in [1.54, 1.807) is 4.90 Å². The van der Waals surface area contributed by atoms with Crippen molar-refractivity contribution in [2.45, 2.75) is 69.2 Å². The maximum atomic E-state index is 14.0. The molecule has 0 amide bonds. The molecular weight excluding hydrogens is 457 g/mol. The molecular formula is C22H33F3N4O3S. The number of hydrogen-bond donors (Lipinski definition) is 1. The van der Waals surface area contributed by atoms with Gasteiger partial charge in [-0.3, -0.25) is 4.90 Å². The van der Waals surface area contributed by atoms with Gasteiger partial charge in [-0.15, -0.1) is 0 Å². The second-order valence-electron chi connectivity index (χ2n) is 9.99. The molecule has 1 unspecified atom stereocenters. The molecule has 2 aliphatic heterocycles. The number of aliphatic hydroxyl groups excluding tert-OH is 1. The van der Waals surface area contributed by atoms with Gasteiger partial charge >= 0.3 is 6.18 Å². The van der Waals surface area contributed by atoms with E-state index in [0.29, 0.717) is 26.1 Å². The Morgan fingerprint density at radius 2 is 1.76 bits per heavy atom. The lowest BCUT2D eigenvalue weighted by atomic mass is 9.77. The van der Waals surface area contributed by atoms with E-state index in [4.69, 9.17) is 0 Å². The summed E-state index contributed by atoms with van der Waals surface area (Å²) in [5.41, 5.74) is -1.50. The van der Waals surface area contributed by atoms with Crippen molar-refractivity contribution < 1.29 is 26.7 Å². The lowest BCUT2D eigenvalue weighted by molar-refractivity contribution is -0.143. The number of sulfonamides is 1. The van der Waals surface area contributed by atoms with Crippen molar-refractivity contribution in [2.24, 2.45) is 5.41 Å². The zero-order valence-corrected chi connectivity index (χ0v) is 20.0. The lowest BCUT2D eigenvalue weighted by Gasteiger charge is -2.43. The van der Waals surface area contributed by atoms with Gasteiger partial charge in [0.2, 0.25) is 10.0 Å². The van der Waals surface area contributed by atoms with E-state index in [2.05, 4.69) is 9.88 Å². The molecule has 2 saturated heterocycles. The van der Waals surface area contributed by atoms with Crippen molar-refractivity contribution in [3.05, 3.63) is 17.8 Å². The number of piperazine rings is 1. The highest BCUT2D eigenvalue weighted by Gasteiger charge is 2.44. The topological polar surface area (TPSA) is 77.0 Å². The summed E-state index contributed by atoms with van der Waals surface area (Å²) in [6, 6.07) is 2.63. The van der Waals surface area contributed by atoms with E-state index in [0.717, 1.165) is 36.1 Å². The number of alkyl halides is 3. The fourth-order valence-corrected chi connectivity index (χ4v) is 7.21. The minimum absolute atomic E-state index is 0.0657. The van der Waals surface area contributed by atoms with Gasteiger partial charge in [0, 0.05) is 45.3 Å². The highest BCUT2D eigenvalue weighted by molar-refractivity contribution is 7.89. The molecule has 0 bridgehead atoms. The zero-order valence-electron chi connectivity index (χ0n) is 19.2. The quantitative estimate of drug-likeness (QED) is 0.700. The summed E-state index contributed by atoms with van der Waals surface area (Å²) < 4.78 is 69.5. The minimum atomic E-state index is -4.92. The second kappa shape index (κ2) is 8.98. The first-order valence-electron chi connectivity index (χ1n) is 11.7. The van der Waals surface area contributed by atoms with Gasteiger partial charge < -0.3 is 10.0 Å². The fraction of sp³-hybridized carbons (Fsp3) is 0.773. The molecule has 4 rings (SSSR count). The van der Waals surface area contributed by atoms with Crippen LogP contribution in [-0.4, -0.2) is 79.1 Å². The lowest BCUT2D eigenvalue weighted by Crippen LogP contribution is -2.51. The van der Waals surface area contributed by atoms with Crippen molar-refractivity contribution in [1.29, 1.82) is 0 Å². The normalized spacial score (nSPS) is 25.3. The van der Waals surface area contributed by atoms with Crippen LogP contribution in [0.3, 0.4) is 0 Å². The molecule has 11 heteroatoms. The number of β-amino-alcohol motifs (C(OH)–C–C–N with tert-alkyl or cyclic N) is 1. The number of anilines is 1. The van der Waals surface area contributed by atoms with Gasteiger partial charge in [0.25, 0.3) is 0 Å². The monoisotopic (exact) mass is 490 g/mol. The zero-order chi connectivity index (χ0) is 24.0. The molecule has 3 aliphatic rings. The summed E-state index contributed by atoms with van der Waals surface area (Å²) in [4.78, 5) is 6.82. The van der Waals surface area contributed by atoms with E-state index >= 15 is 0 Å². The SMILES string of the molecule is CC(C)N1CCN(S(=O)(=O)c2ccc(N3CC(O)CC4(CCCC4)C3)nc2C(F)(F)F)CC1. The van der Waals surface area contributed by atoms with Crippen LogP contribution in [-0.2, 0) is 16.2 Å². The standard InChI is InChI=1S/C22H33F3N4O3S/c1-16(2)27-9-11-29(12-10-27)33(31,32)18-5-6-19(26-20(18)22(23,24)25)28-14-17(30)13-21(15-28)7-3-4-8-21/h5-6,16-17,30H,3-4,7-15H2,1-2H3. The molecule has 1 N–H and O–H groups in total. The van der Waals surface area contributed by atoms with Crippen molar-refractivity contribution in [3.8, 4) is 0 Å². The van der Waals surface area contributed by atoms with Gasteiger partial charge in [0.15, 0.2) is 5.69 Å². The van der Waals surface area contributed by atoms with Crippen LogP contribution >= 0.6 is 0 Å². The van der Waals surface area contributed by atoms with Gasteiger partial charge in [0.1, 0.15) is 10.7 Å². The Bertz CT molecular complexity index is 956. The summed E-state index contributed by atoms with van der Waals surface area (Å²) >= 11 is 0. The second-order valence-corrected chi connectivity index (χ2v) is 11.9. The van der Waals surface area contributed by atoms with Crippen LogP contribution < -0.4 is 4.90 Å². The van der Waals surface area contributed by atoms with E-state index in [1.807, 2.05) is 13.8 Å². The summed E-state index contributed by atoms with van der Waals surface area (Å²) in [6.07, 6.45) is -0.967. The number of rotatable bonds is 4. The molecule has 0 radical (unpaired) electrons. The molecule has 7 nitrogen and oxygen atoms in total. The Kier molecular flexibility index (Phi) is 6.71. The Morgan fingerprint density at radius 3 is 2.33 bits per heavy atom. The van der Waals surface area contributed by atoms with Crippen LogP contribution in [0.1, 0.15) is 51.6 Å². The molecule has 1 aliphatic carbocycles. The van der Waals surface area contributed by atoms with Gasteiger partial charge in [-0.1, -0.05) is 12.8 Å². The fourth-order valence-electron chi connectivity index (χ4n) is 5.64. The average Bonchev–Trinajstić information content (AvgIpc) is 3.19. The van der Waals surface area contributed by atoms with Gasteiger partial charge in [-0.25, -0.2) is 13.4 Å². The number of aliphatic hydroxyl groups is 1. The predicted molar refractivity (Wildman–Crippen MR) is 118 cm³/mol. The van der Waals surface area contributed by atoms with Crippen molar-refractivity contribution in [1.82, 2.24) is 14.2 Å². The van der Waals surface area contributed by atoms with E-state index < -0.39 is 32.9 Å². The molecule has 3 fully saturated rings. The van der Waals surface area contributed by atoms with Crippen LogP contribution in [0.4, 0.5) is 19.0 Å². The van der Waals surface area contributed by atoms with Crippen LogP contribution in [0, 0.1) is 5.41 Å². The minimum Gasteiger partial charge on any atom is -0.391 e. The maximum Gasteiger partial charge on any atom is 0.434 e. The summed E-state index contributed by atoms with van der Waals surface area (Å²) in [5.74, 6) is 0.0657. The number of aromatic nitrogens is 1. The first kappa shape index (κ1) is 24.7. The third-order valence-corrected chi connectivity index (χ3v) is 9.28. The van der Waals surface area contributed by atoms with E-state index in [9.17, 15) is 26.7 Å². The molecule has 0 aromatic carbocycles. The van der Waals surface area contributed by atoms with Crippen LogP contribution in [0.25, 0.3) is 0 Å². The Hall–Kier alpha value is -1.43. The van der Waals surface area contributed by atoms with E-state index in [-0.39, 0.29) is 36.9 Å². The maximum absolute atomic E-state index is 14.0. The molecule has 1 aromatic rings. The van der Waals surface area contributed by atoms with Gasteiger partial charge in [0.05, 0.1) is 6.10 Å². The molecule has 1 saturated carbocycles. The molecule has 1 aromatic heterocycles. The molecule has 1 spiro atoms. The Balaban J connectivity index is 1.64. The number of halogens is 3. The molecule has 33 heavy (non-hydrogen) atoms. The van der Waals surface area contributed by atoms with Crippen LogP contribution in [0.2, 0.25) is 0 Å². The average molecular weight is 491 g/mol. The first-order valence-corrected chi connectivity index (χ1v) is 13.1. The van der Waals surface area contributed by atoms with E-state index in [1.165, 1.54) is 6.07 Å². The Morgan fingerprint density at radius 1 is 1.12 bits per heavy atom.